The van der Waals surface area contributed by atoms with Crippen molar-refractivity contribution < 1.29 is 14.3 Å². The Bertz CT molecular complexity index is 624. The quantitative estimate of drug-likeness (QED) is 0.591. The lowest BCUT2D eigenvalue weighted by Gasteiger charge is -2.56. The summed E-state index contributed by atoms with van der Waals surface area (Å²) in [6.45, 7) is 10.1. The summed E-state index contributed by atoms with van der Waals surface area (Å²) < 4.78 is 11.1. The first-order valence-corrected chi connectivity index (χ1v) is 9.06. The van der Waals surface area contributed by atoms with Gasteiger partial charge in [0.15, 0.2) is 5.78 Å². The van der Waals surface area contributed by atoms with Gasteiger partial charge in [-0.3, -0.25) is 4.79 Å². The van der Waals surface area contributed by atoms with Crippen molar-refractivity contribution in [1.82, 2.24) is 0 Å². The van der Waals surface area contributed by atoms with Crippen molar-refractivity contribution in [2.45, 2.75) is 26.2 Å². The second-order valence-corrected chi connectivity index (χ2v) is 8.29. The molecular weight excluding hydrogens is 358 g/mol. The van der Waals surface area contributed by atoms with Crippen LogP contribution in [0.3, 0.4) is 0 Å². The van der Waals surface area contributed by atoms with Gasteiger partial charge in [-0.05, 0) is 17.5 Å². The van der Waals surface area contributed by atoms with Gasteiger partial charge in [0.25, 0.3) is 0 Å². The topological polar surface area (TPSA) is 38.8 Å². The Balaban J connectivity index is 2.03. The van der Waals surface area contributed by atoms with Gasteiger partial charge in [0.05, 0.1) is 36.8 Å². The molecule has 0 saturated carbocycles. The van der Waals surface area contributed by atoms with E-state index >= 15 is 0 Å². The van der Waals surface area contributed by atoms with Gasteiger partial charge in [0.2, 0.25) is 0 Å². The van der Waals surface area contributed by atoms with Gasteiger partial charge in [-0.2, -0.15) is 0 Å². The van der Waals surface area contributed by atoms with E-state index in [0.717, 1.165) is 48.9 Å². The van der Waals surface area contributed by atoms with Crippen LogP contribution in [-0.4, -0.2) is 44.5 Å². The van der Waals surface area contributed by atoms with Crippen LogP contribution >= 0.6 is 15.9 Å². The van der Waals surface area contributed by atoms with E-state index in [1.807, 2.05) is 12.1 Å². The molecule has 23 heavy (non-hydrogen) atoms. The second-order valence-electron chi connectivity index (χ2n) is 7.73. The molecule has 0 aromatic heterocycles. The van der Waals surface area contributed by atoms with Crippen molar-refractivity contribution >= 4 is 27.4 Å². The van der Waals surface area contributed by atoms with Crippen molar-refractivity contribution in [3.05, 3.63) is 23.3 Å². The molecule has 2 heterocycles. The van der Waals surface area contributed by atoms with E-state index in [2.05, 4.69) is 41.6 Å². The molecule has 0 bridgehead atoms. The Morgan fingerprint density at radius 2 is 2.00 bits per heavy atom. The Morgan fingerprint density at radius 1 is 1.35 bits per heavy atom. The second kappa shape index (κ2) is 5.78. The highest BCUT2D eigenvalue weighted by molar-refractivity contribution is 9.09. The molecule has 5 heteroatoms. The fourth-order valence-corrected chi connectivity index (χ4v) is 3.69. The van der Waals surface area contributed by atoms with Gasteiger partial charge in [0, 0.05) is 24.2 Å². The lowest BCUT2D eigenvalue weighted by atomic mass is 9.77. The van der Waals surface area contributed by atoms with Crippen molar-refractivity contribution in [2.75, 3.05) is 43.6 Å². The zero-order valence-corrected chi connectivity index (χ0v) is 15.8. The summed E-state index contributed by atoms with van der Waals surface area (Å²) in [5, 5.41) is 0.333. The lowest BCUT2D eigenvalue weighted by Crippen LogP contribution is -2.66. The highest BCUT2D eigenvalue weighted by atomic mass is 79.9. The highest BCUT2D eigenvalue weighted by Crippen LogP contribution is 2.46. The summed E-state index contributed by atoms with van der Waals surface area (Å²) in [5.74, 6) is 0.986. The molecule has 0 N–H and O–H groups in total. The molecule has 2 fully saturated rings. The average Bonchev–Trinajstić information content (AvgIpc) is 2.41. The predicted molar refractivity (Wildman–Crippen MR) is 95.3 cm³/mol. The molecule has 4 nitrogen and oxygen atoms in total. The monoisotopic (exact) mass is 381 g/mol. The molecule has 0 unspecified atom stereocenters. The fraction of sp³-hybridized carbons (Fsp3) is 0.611. The number of nitrogens with zero attached hydrogens (tertiary/aromatic N) is 1. The highest BCUT2D eigenvalue weighted by Gasteiger charge is 2.50. The van der Waals surface area contributed by atoms with Crippen molar-refractivity contribution in [1.29, 1.82) is 0 Å². The number of benzene rings is 1. The van der Waals surface area contributed by atoms with Crippen LogP contribution in [0.2, 0.25) is 0 Å². The van der Waals surface area contributed by atoms with E-state index in [4.69, 9.17) is 9.47 Å². The van der Waals surface area contributed by atoms with Crippen LogP contribution in [-0.2, 0) is 10.2 Å². The average molecular weight is 382 g/mol. The first-order valence-electron chi connectivity index (χ1n) is 7.94. The number of hydrogen-bond donors (Lipinski definition) is 0. The molecule has 2 saturated heterocycles. The van der Waals surface area contributed by atoms with Crippen LogP contribution in [0.4, 0.5) is 5.69 Å². The molecular formula is C18H24BrNO3. The number of carbonyl (C=O) groups is 1. The van der Waals surface area contributed by atoms with Crippen molar-refractivity contribution in [3.63, 3.8) is 0 Å². The third kappa shape index (κ3) is 2.89. The van der Waals surface area contributed by atoms with Crippen molar-refractivity contribution in [2.24, 2.45) is 5.41 Å². The van der Waals surface area contributed by atoms with Gasteiger partial charge in [-0.1, -0.05) is 36.7 Å². The fourth-order valence-electron chi connectivity index (χ4n) is 3.37. The predicted octanol–water partition coefficient (Wildman–Crippen LogP) is 3.41. The number of rotatable bonds is 4. The number of ether oxygens (including phenoxy) is 2. The maximum atomic E-state index is 12.2. The maximum absolute atomic E-state index is 12.2. The Labute approximate surface area is 146 Å². The van der Waals surface area contributed by atoms with Crippen LogP contribution in [0.15, 0.2) is 12.1 Å². The maximum Gasteiger partial charge on any atom is 0.173 e. The molecule has 3 rings (SSSR count). The van der Waals surface area contributed by atoms with Gasteiger partial charge in [-0.25, -0.2) is 0 Å². The molecule has 0 radical (unpaired) electrons. The SMILES string of the molecule is COc1c(N2CC3(COC3)C2)cc(C(=O)CBr)cc1C(C)(C)C. The summed E-state index contributed by atoms with van der Waals surface area (Å²) in [7, 11) is 1.71. The van der Waals surface area contributed by atoms with Crippen LogP contribution in [0.1, 0.15) is 36.7 Å². The first-order chi connectivity index (χ1) is 10.8. The van der Waals surface area contributed by atoms with Crippen molar-refractivity contribution in [3.8, 4) is 5.75 Å². The largest absolute Gasteiger partial charge is 0.494 e. The van der Waals surface area contributed by atoms with Crippen LogP contribution in [0, 0.1) is 5.41 Å². The Hall–Kier alpha value is -1.07. The molecule has 2 aliphatic rings. The summed E-state index contributed by atoms with van der Waals surface area (Å²) >= 11 is 3.28. The third-order valence-electron chi connectivity index (χ3n) is 4.73. The number of hydrogen-bond acceptors (Lipinski definition) is 4. The zero-order valence-electron chi connectivity index (χ0n) is 14.2. The lowest BCUT2D eigenvalue weighted by molar-refractivity contribution is -0.127. The van der Waals surface area contributed by atoms with Gasteiger partial charge in [0.1, 0.15) is 5.75 Å². The summed E-state index contributed by atoms with van der Waals surface area (Å²) in [5.41, 5.74) is 3.08. The minimum Gasteiger partial charge on any atom is -0.494 e. The number of methoxy groups -OCH3 is 1. The van der Waals surface area contributed by atoms with E-state index in [0.29, 0.717) is 10.7 Å². The van der Waals surface area contributed by atoms with E-state index < -0.39 is 0 Å². The molecule has 1 aromatic carbocycles. The molecule has 126 valence electrons. The minimum atomic E-state index is -0.0924. The molecule has 2 aliphatic heterocycles. The van der Waals surface area contributed by atoms with E-state index in [-0.39, 0.29) is 11.2 Å². The van der Waals surface area contributed by atoms with Crippen LogP contribution < -0.4 is 9.64 Å². The molecule has 1 spiro atoms. The van der Waals surface area contributed by atoms with E-state index in [9.17, 15) is 4.79 Å². The smallest absolute Gasteiger partial charge is 0.173 e. The summed E-state index contributed by atoms with van der Waals surface area (Å²) in [6.07, 6.45) is 0. The molecule has 1 aromatic rings. The Kier molecular flexibility index (Phi) is 4.21. The van der Waals surface area contributed by atoms with Crippen LogP contribution in [0.5, 0.6) is 5.75 Å². The van der Waals surface area contributed by atoms with E-state index in [1.165, 1.54) is 0 Å². The van der Waals surface area contributed by atoms with E-state index in [1.54, 1.807) is 7.11 Å². The zero-order chi connectivity index (χ0) is 16.8. The number of anilines is 1. The standard InChI is InChI=1S/C18H24BrNO3/c1-17(2,3)13-5-12(15(21)7-19)6-14(16(13)22-4)20-8-18(9-20)10-23-11-18/h5-6H,7-11H2,1-4H3. The first kappa shape index (κ1) is 16.8. The third-order valence-corrected chi connectivity index (χ3v) is 5.24. The van der Waals surface area contributed by atoms with Crippen LogP contribution in [0.25, 0.3) is 0 Å². The number of halogens is 1. The molecule has 0 atom stereocenters. The number of ketones is 1. The number of Topliss-reactive ketones (excluding diaryl/α,β-unsaturated/α-hetero) is 1. The number of carbonyl (C=O) groups excluding carboxylic acids is 1. The molecule has 0 aliphatic carbocycles. The van der Waals surface area contributed by atoms with Gasteiger partial charge < -0.3 is 14.4 Å². The Morgan fingerprint density at radius 3 is 2.43 bits per heavy atom. The minimum absolute atomic E-state index is 0.0924. The van der Waals surface area contributed by atoms with Gasteiger partial charge >= 0.3 is 0 Å². The summed E-state index contributed by atoms with van der Waals surface area (Å²) in [4.78, 5) is 14.5. The summed E-state index contributed by atoms with van der Waals surface area (Å²) in [6, 6.07) is 3.96. The normalized spacial score (nSPS) is 19.3. The number of alkyl halides is 1. The molecule has 0 amide bonds. The van der Waals surface area contributed by atoms with Gasteiger partial charge in [-0.15, -0.1) is 0 Å².